The Kier molecular flexibility index (Phi) is 6.39. The van der Waals surface area contributed by atoms with Crippen LogP contribution >= 0.6 is 23.8 Å². The Morgan fingerprint density at radius 3 is 2.61 bits per heavy atom. The van der Waals surface area contributed by atoms with E-state index in [2.05, 4.69) is 18.7 Å². The third-order valence-electron chi connectivity index (χ3n) is 2.77. The molecular formula is C13H19ClN2OS. The minimum Gasteiger partial charge on any atom is -0.491 e. The zero-order valence-electron chi connectivity index (χ0n) is 10.8. The third kappa shape index (κ3) is 4.44. The van der Waals surface area contributed by atoms with E-state index in [0.29, 0.717) is 22.4 Å². The van der Waals surface area contributed by atoms with Gasteiger partial charge in [-0.1, -0.05) is 37.7 Å². The van der Waals surface area contributed by atoms with Crippen LogP contribution in [0.1, 0.15) is 19.4 Å². The van der Waals surface area contributed by atoms with Gasteiger partial charge in [-0.05, 0) is 31.3 Å². The number of hydrogen-bond acceptors (Lipinski definition) is 3. The predicted molar refractivity (Wildman–Crippen MR) is 80.6 cm³/mol. The van der Waals surface area contributed by atoms with Gasteiger partial charge in [-0.25, -0.2) is 0 Å². The van der Waals surface area contributed by atoms with Crippen molar-refractivity contribution < 1.29 is 4.74 Å². The summed E-state index contributed by atoms with van der Waals surface area (Å²) >= 11 is 10.9. The van der Waals surface area contributed by atoms with Gasteiger partial charge in [0.15, 0.2) is 0 Å². The summed E-state index contributed by atoms with van der Waals surface area (Å²) in [5.74, 6) is 0.655. The largest absolute Gasteiger partial charge is 0.491 e. The monoisotopic (exact) mass is 286 g/mol. The fourth-order valence-corrected chi connectivity index (χ4v) is 1.97. The summed E-state index contributed by atoms with van der Waals surface area (Å²) in [6, 6.07) is 5.29. The summed E-state index contributed by atoms with van der Waals surface area (Å²) in [7, 11) is 0. The molecule has 0 aliphatic heterocycles. The van der Waals surface area contributed by atoms with Gasteiger partial charge in [0, 0.05) is 11.6 Å². The second kappa shape index (κ2) is 7.56. The molecule has 3 nitrogen and oxygen atoms in total. The Balaban J connectivity index is 2.66. The van der Waals surface area contributed by atoms with E-state index < -0.39 is 0 Å². The van der Waals surface area contributed by atoms with Crippen LogP contribution in [0.15, 0.2) is 18.2 Å². The summed E-state index contributed by atoms with van der Waals surface area (Å²) in [6.45, 7) is 7.75. The van der Waals surface area contributed by atoms with Gasteiger partial charge in [0.2, 0.25) is 0 Å². The van der Waals surface area contributed by atoms with Crippen molar-refractivity contribution in [2.24, 2.45) is 5.73 Å². The van der Waals surface area contributed by atoms with Gasteiger partial charge in [0.05, 0.1) is 5.56 Å². The van der Waals surface area contributed by atoms with Gasteiger partial charge in [-0.2, -0.15) is 0 Å². The molecule has 0 amide bonds. The van der Waals surface area contributed by atoms with Gasteiger partial charge in [-0.15, -0.1) is 0 Å². The zero-order chi connectivity index (χ0) is 13.5. The van der Waals surface area contributed by atoms with Crippen LogP contribution in [0.2, 0.25) is 5.02 Å². The Hall–Kier alpha value is -0.840. The molecule has 0 fully saturated rings. The van der Waals surface area contributed by atoms with E-state index in [4.69, 9.17) is 34.3 Å². The first-order chi connectivity index (χ1) is 8.58. The van der Waals surface area contributed by atoms with Crippen LogP contribution in [0.25, 0.3) is 0 Å². The van der Waals surface area contributed by atoms with Crippen LogP contribution in [0.4, 0.5) is 0 Å². The van der Waals surface area contributed by atoms with Gasteiger partial charge < -0.3 is 15.4 Å². The third-order valence-corrected chi connectivity index (χ3v) is 3.22. The van der Waals surface area contributed by atoms with Gasteiger partial charge >= 0.3 is 0 Å². The SMILES string of the molecule is CCN(CC)CCOc1cc(Cl)ccc1C(N)=S. The van der Waals surface area contributed by atoms with E-state index in [-0.39, 0.29) is 0 Å². The van der Waals surface area contributed by atoms with Crippen molar-refractivity contribution in [2.45, 2.75) is 13.8 Å². The Labute approximate surface area is 119 Å². The highest BCUT2D eigenvalue weighted by Gasteiger charge is 2.08. The smallest absolute Gasteiger partial charge is 0.131 e. The number of nitrogens with zero attached hydrogens (tertiary/aromatic N) is 1. The zero-order valence-corrected chi connectivity index (χ0v) is 12.4. The van der Waals surface area contributed by atoms with Crippen LogP contribution in [-0.2, 0) is 0 Å². The van der Waals surface area contributed by atoms with Crippen molar-refractivity contribution in [1.82, 2.24) is 4.90 Å². The van der Waals surface area contributed by atoms with Crippen molar-refractivity contribution in [3.63, 3.8) is 0 Å². The van der Waals surface area contributed by atoms with E-state index in [0.717, 1.165) is 25.2 Å². The maximum Gasteiger partial charge on any atom is 0.131 e. The van der Waals surface area contributed by atoms with E-state index in [1.54, 1.807) is 18.2 Å². The second-order valence-corrected chi connectivity index (χ2v) is 4.76. The molecule has 18 heavy (non-hydrogen) atoms. The minimum atomic E-state index is 0.324. The second-order valence-electron chi connectivity index (χ2n) is 3.88. The molecule has 0 radical (unpaired) electrons. The first kappa shape index (κ1) is 15.2. The summed E-state index contributed by atoms with van der Waals surface area (Å²) in [5, 5.41) is 0.618. The molecule has 0 aliphatic carbocycles. The predicted octanol–water partition coefficient (Wildman–Crippen LogP) is 2.69. The molecule has 0 bridgehead atoms. The molecular weight excluding hydrogens is 268 g/mol. The van der Waals surface area contributed by atoms with Gasteiger partial charge in [0.25, 0.3) is 0 Å². The van der Waals surface area contributed by atoms with Crippen molar-refractivity contribution in [2.75, 3.05) is 26.2 Å². The molecule has 0 unspecified atom stereocenters. The van der Waals surface area contributed by atoms with Crippen LogP contribution in [0, 0.1) is 0 Å². The van der Waals surface area contributed by atoms with Gasteiger partial charge in [-0.3, -0.25) is 0 Å². The average Bonchev–Trinajstić information content (AvgIpc) is 2.34. The summed E-state index contributed by atoms with van der Waals surface area (Å²) in [6.07, 6.45) is 0. The topological polar surface area (TPSA) is 38.5 Å². The molecule has 1 rings (SSSR count). The maximum atomic E-state index is 5.94. The number of halogens is 1. The Morgan fingerprint density at radius 2 is 2.06 bits per heavy atom. The number of benzene rings is 1. The van der Waals surface area contributed by atoms with Crippen LogP contribution in [-0.4, -0.2) is 36.1 Å². The van der Waals surface area contributed by atoms with Crippen LogP contribution in [0.3, 0.4) is 0 Å². The number of hydrogen-bond donors (Lipinski definition) is 1. The van der Waals surface area contributed by atoms with E-state index in [1.807, 2.05) is 0 Å². The molecule has 0 aromatic heterocycles. The quantitative estimate of drug-likeness (QED) is 0.782. The number of rotatable bonds is 7. The molecule has 1 aromatic rings. The maximum absolute atomic E-state index is 5.94. The fourth-order valence-electron chi connectivity index (χ4n) is 1.64. The summed E-state index contributed by atoms with van der Waals surface area (Å²) < 4.78 is 5.72. The van der Waals surface area contributed by atoms with Crippen molar-refractivity contribution in [3.8, 4) is 5.75 Å². The number of thiocarbonyl (C=S) groups is 1. The first-order valence-electron chi connectivity index (χ1n) is 6.03. The number of nitrogens with two attached hydrogens (primary N) is 1. The molecule has 0 atom stereocenters. The Bertz CT molecular complexity index is 408. The average molecular weight is 287 g/mol. The van der Waals surface area contributed by atoms with E-state index in [9.17, 15) is 0 Å². The normalized spacial score (nSPS) is 10.7. The lowest BCUT2D eigenvalue weighted by molar-refractivity contribution is 0.222. The number of ether oxygens (including phenoxy) is 1. The standard InChI is InChI=1S/C13H19ClN2OS/c1-3-16(4-2)7-8-17-12-9-10(14)5-6-11(12)13(15)18/h5-6,9H,3-4,7-8H2,1-2H3,(H2,15,18). The van der Waals surface area contributed by atoms with Crippen molar-refractivity contribution >= 4 is 28.8 Å². The van der Waals surface area contributed by atoms with Gasteiger partial charge in [0.1, 0.15) is 17.3 Å². The summed E-state index contributed by atoms with van der Waals surface area (Å²) in [5.41, 5.74) is 6.38. The lowest BCUT2D eigenvalue weighted by Crippen LogP contribution is -2.28. The number of likely N-dealkylation sites (N-methyl/N-ethyl adjacent to an activating group) is 1. The molecule has 100 valence electrons. The lowest BCUT2D eigenvalue weighted by atomic mass is 10.2. The van der Waals surface area contributed by atoms with Crippen LogP contribution in [0.5, 0.6) is 5.75 Å². The molecule has 0 heterocycles. The molecule has 0 saturated carbocycles. The molecule has 1 aromatic carbocycles. The highest BCUT2D eigenvalue weighted by molar-refractivity contribution is 7.80. The Morgan fingerprint density at radius 1 is 1.39 bits per heavy atom. The van der Waals surface area contributed by atoms with Crippen molar-refractivity contribution in [3.05, 3.63) is 28.8 Å². The van der Waals surface area contributed by atoms with Crippen molar-refractivity contribution in [1.29, 1.82) is 0 Å². The van der Waals surface area contributed by atoms with Crippen LogP contribution < -0.4 is 10.5 Å². The van der Waals surface area contributed by atoms with E-state index >= 15 is 0 Å². The first-order valence-corrected chi connectivity index (χ1v) is 6.81. The highest BCUT2D eigenvalue weighted by Crippen LogP contribution is 2.23. The molecule has 5 heteroatoms. The van der Waals surface area contributed by atoms with E-state index in [1.165, 1.54) is 0 Å². The lowest BCUT2D eigenvalue weighted by Gasteiger charge is -2.18. The molecule has 2 N–H and O–H groups in total. The minimum absolute atomic E-state index is 0.324. The molecule has 0 spiro atoms. The highest BCUT2D eigenvalue weighted by atomic mass is 35.5. The summed E-state index contributed by atoms with van der Waals surface area (Å²) in [4.78, 5) is 2.61. The fraction of sp³-hybridized carbons (Fsp3) is 0.462. The molecule has 0 aliphatic rings. The molecule has 0 saturated heterocycles.